The quantitative estimate of drug-likeness (QED) is 0.613. The van der Waals surface area contributed by atoms with Crippen molar-refractivity contribution < 1.29 is 0 Å². The molecule has 1 heterocycles. The van der Waals surface area contributed by atoms with Gasteiger partial charge in [0.05, 0.1) is 0 Å². The first-order valence-corrected chi connectivity index (χ1v) is 4.24. The van der Waals surface area contributed by atoms with Gasteiger partial charge in [-0.15, -0.1) is 0 Å². The van der Waals surface area contributed by atoms with Gasteiger partial charge in [0.1, 0.15) is 0 Å². The average molecular weight is 159 g/mol. The van der Waals surface area contributed by atoms with Gasteiger partial charge in [0.15, 0.2) is 0 Å². The summed E-state index contributed by atoms with van der Waals surface area (Å²) in [6.07, 6.45) is 4.21. The molecule has 0 spiro atoms. The van der Waals surface area contributed by atoms with Gasteiger partial charge in [-0.2, -0.15) is 0 Å². The zero-order chi connectivity index (χ0) is 8.60. The number of allylic oxidation sites excluding steroid dienone is 1. The van der Waals surface area contributed by atoms with Gasteiger partial charge in [0.25, 0.3) is 0 Å². The lowest BCUT2D eigenvalue weighted by Gasteiger charge is -2.27. The van der Waals surface area contributed by atoms with Gasteiger partial charge in [-0.3, -0.25) is 0 Å². The van der Waals surface area contributed by atoms with Gasteiger partial charge in [-0.05, 0) is 17.8 Å². The van der Waals surface area contributed by atoms with E-state index in [0.717, 1.165) is 0 Å². The molecule has 0 unspecified atom stereocenters. The van der Waals surface area contributed by atoms with Crippen LogP contribution in [-0.2, 0) is 5.41 Å². The zero-order valence-electron chi connectivity index (χ0n) is 7.46. The van der Waals surface area contributed by atoms with Crippen molar-refractivity contribution in [2.45, 2.75) is 19.3 Å². The fraction of sp³-hybridized carbons (Fsp3) is 0.273. The number of rotatable bonds is 0. The van der Waals surface area contributed by atoms with E-state index < -0.39 is 0 Å². The Morgan fingerprint density at radius 3 is 2.67 bits per heavy atom. The van der Waals surface area contributed by atoms with Crippen LogP contribution >= 0.6 is 0 Å². The van der Waals surface area contributed by atoms with Gasteiger partial charge < -0.3 is 5.32 Å². The van der Waals surface area contributed by atoms with Crippen LogP contribution in [0.4, 0.5) is 5.69 Å². The Labute approximate surface area is 73.1 Å². The van der Waals surface area contributed by atoms with Crippen molar-refractivity contribution >= 4 is 5.69 Å². The third-order valence-electron chi connectivity index (χ3n) is 2.36. The van der Waals surface area contributed by atoms with Crippen molar-refractivity contribution in [1.29, 1.82) is 0 Å². The lowest BCUT2D eigenvalue weighted by atomic mass is 9.82. The van der Waals surface area contributed by atoms with E-state index in [0.29, 0.717) is 0 Å². The van der Waals surface area contributed by atoms with Crippen LogP contribution in [0.5, 0.6) is 0 Å². The number of hydrogen-bond acceptors (Lipinski definition) is 1. The number of anilines is 1. The molecule has 1 aromatic rings. The lowest BCUT2D eigenvalue weighted by molar-refractivity contribution is 0.665. The topological polar surface area (TPSA) is 12.0 Å². The van der Waals surface area contributed by atoms with Crippen molar-refractivity contribution in [3.05, 3.63) is 42.1 Å². The predicted octanol–water partition coefficient (Wildman–Crippen LogP) is 2.90. The first kappa shape index (κ1) is 7.41. The summed E-state index contributed by atoms with van der Waals surface area (Å²) in [6.45, 7) is 4.45. The minimum atomic E-state index is 0.168. The smallest absolute Gasteiger partial charge is 0.0420 e. The maximum Gasteiger partial charge on any atom is 0.0420 e. The van der Waals surface area contributed by atoms with Crippen LogP contribution in [0.3, 0.4) is 0 Å². The third kappa shape index (κ3) is 1.02. The number of para-hydroxylation sites is 1. The fourth-order valence-electron chi connectivity index (χ4n) is 1.60. The summed E-state index contributed by atoms with van der Waals surface area (Å²) in [6, 6.07) is 8.43. The van der Waals surface area contributed by atoms with Gasteiger partial charge in [0, 0.05) is 11.1 Å². The van der Waals surface area contributed by atoms with Gasteiger partial charge in [-0.1, -0.05) is 38.1 Å². The molecule has 1 aromatic carbocycles. The minimum Gasteiger partial charge on any atom is -0.362 e. The summed E-state index contributed by atoms with van der Waals surface area (Å²) in [5, 5.41) is 3.24. The molecule has 1 nitrogen and oxygen atoms in total. The summed E-state index contributed by atoms with van der Waals surface area (Å²) in [4.78, 5) is 0. The number of nitrogens with one attached hydrogen (secondary N) is 1. The monoisotopic (exact) mass is 159 g/mol. The Morgan fingerprint density at radius 1 is 1.17 bits per heavy atom. The van der Waals surface area contributed by atoms with Crippen molar-refractivity contribution in [1.82, 2.24) is 0 Å². The molecule has 0 saturated carbocycles. The largest absolute Gasteiger partial charge is 0.362 e. The molecule has 1 heteroatoms. The van der Waals surface area contributed by atoms with Crippen molar-refractivity contribution in [3.8, 4) is 0 Å². The van der Waals surface area contributed by atoms with Crippen LogP contribution in [0.25, 0.3) is 0 Å². The molecule has 0 saturated heterocycles. The van der Waals surface area contributed by atoms with Crippen LogP contribution in [0.15, 0.2) is 36.5 Å². The highest BCUT2D eigenvalue weighted by atomic mass is 14.9. The maximum atomic E-state index is 3.24. The first-order valence-electron chi connectivity index (χ1n) is 4.24. The van der Waals surface area contributed by atoms with E-state index in [1.807, 2.05) is 6.20 Å². The highest BCUT2D eigenvalue weighted by Gasteiger charge is 2.22. The molecule has 0 radical (unpaired) electrons. The summed E-state index contributed by atoms with van der Waals surface area (Å²) in [7, 11) is 0. The van der Waals surface area contributed by atoms with Gasteiger partial charge in [-0.25, -0.2) is 0 Å². The molecule has 0 aliphatic carbocycles. The van der Waals surface area contributed by atoms with Crippen molar-refractivity contribution in [2.24, 2.45) is 0 Å². The molecular weight excluding hydrogens is 146 g/mol. The second-order valence-electron chi connectivity index (χ2n) is 3.74. The third-order valence-corrected chi connectivity index (χ3v) is 2.36. The predicted molar refractivity (Wildman–Crippen MR) is 52.2 cm³/mol. The Balaban J connectivity index is 2.58. The average Bonchev–Trinajstić information content (AvgIpc) is 2.04. The van der Waals surface area contributed by atoms with Crippen LogP contribution in [0.2, 0.25) is 0 Å². The van der Waals surface area contributed by atoms with Crippen molar-refractivity contribution in [3.63, 3.8) is 0 Å². The normalized spacial score (nSPS) is 18.2. The molecule has 0 fully saturated rings. The van der Waals surface area contributed by atoms with E-state index in [9.17, 15) is 0 Å². The second kappa shape index (κ2) is 2.37. The van der Waals surface area contributed by atoms with Gasteiger partial charge in [0.2, 0.25) is 0 Å². The molecule has 12 heavy (non-hydrogen) atoms. The van der Waals surface area contributed by atoms with E-state index in [4.69, 9.17) is 0 Å². The van der Waals surface area contributed by atoms with E-state index >= 15 is 0 Å². The summed E-state index contributed by atoms with van der Waals surface area (Å²) in [5.41, 5.74) is 2.76. The van der Waals surface area contributed by atoms with Crippen LogP contribution in [0, 0.1) is 0 Å². The highest BCUT2D eigenvalue weighted by Crippen LogP contribution is 2.33. The number of benzene rings is 1. The fourth-order valence-corrected chi connectivity index (χ4v) is 1.60. The lowest BCUT2D eigenvalue weighted by Crippen LogP contribution is -2.19. The Kier molecular flexibility index (Phi) is 1.47. The van der Waals surface area contributed by atoms with Crippen LogP contribution < -0.4 is 5.32 Å². The van der Waals surface area contributed by atoms with E-state index in [-0.39, 0.29) is 5.41 Å². The van der Waals surface area contributed by atoms with E-state index in [1.165, 1.54) is 11.3 Å². The molecule has 2 rings (SSSR count). The molecule has 0 amide bonds. The Morgan fingerprint density at radius 2 is 1.92 bits per heavy atom. The molecule has 0 atom stereocenters. The highest BCUT2D eigenvalue weighted by molar-refractivity contribution is 5.60. The van der Waals surface area contributed by atoms with Crippen LogP contribution in [0.1, 0.15) is 19.4 Å². The summed E-state index contributed by atoms with van der Waals surface area (Å²) >= 11 is 0. The maximum absolute atomic E-state index is 3.24. The molecule has 0 bridgehead atoms. The summed E-state index contributed by atoms with van der Waals surface area (Å²) < 4.78 is 0. The Hall–Kier alpha value is -1.24. The molecule has 62 valence electrons. The van der Waals surface area contributed by atoms with Gasteiger partial charge >= 0.3 is 0 Å². The molecule has 0 aromatic heterocycles. The zero-order valence-corrected chi connectivity index (χ0v) is 7.46. The van der Waals surface area contributed by atoms with Crippen molar-refractivity contribution in [2.75, 3.05) is 5.32 Å². The summed E-state index contributed by atoms with van der Waals surface area (Å²) in [5.74, 6) is 0. The minimum absolute atomic E-state index is 0.168. The number of hydrogen-bond donors (Lipinski definition) is 1. The first-order chi connectivity index (χ1) is 5.70. The SMILES string of the molecule is CC1(C)C=CNc2ccccc21. The van der Waals surface area contributed by atoms with E-state index in [1.54, 1.807) is 0 Å². The van der Waals surface area contributed by atoms with E-state index in [2.05, 4.69) is 49.5 Å². The van der Waals surface area contributed by atoms with Crippen LogP contribution in [-0.4, -0.2) is 0 Å². The molecule has 1 aliphatic heterocycles. The molecular formula is C11H13N. The Bertz CT molecular complexity index is 324. The standard InChI is InChI=1S/C11H13N/c1-11(2)7-8-12-10-6-4-3-5-9(10)11/h3-8,12H,1-2H3. The number of fused-ring (bicyclic) bond motifs is 1. The molecule has 1 N–H and O–H groups in total. The molecule has 1 aliphatic rings. The second-order valence-corrected chi connectivity index (χ2v) is 3.74.